The van der Waals surface area contributed by atoms with Crippen molar-refractivity contribution in [2.24, 2.45) is 11.3 Å². The molecule has 1 N–H and O–H groups in total. The van der Waals surface area contributed by atoms with E-state index in [0.29, 0.717) is 25.3 Å². The summed E-state index contributed by atoms with van der Waals surface area (Å²) < 4.78 is 0. The van der Waals surface area contributed by atoms with Gasteiger partial charge in [0.2, 0.25) is 5.91 Å². The van der Waals surface area contributed by atoms with Crippen molar-refractivity contribution in [2.75, 3.05) is 26.2 Å². The summed E-state index contributed by atoms with van der Waals surface area (Å²) in [6.07, 6.45) is 4.21. The molecule has 0 aliphatic carbocycles. The molecular weight excluding hydrogens is 250 g/mol. The fourth-order valence-corrected chi connectivity index (χ4v) is 3.14. The van der Waals surface area contributed by atoms with Gasteiger partial charge in [-0.2, -0.15) is 5.26 Å². The van der Waals surface area contributed by atoms with E-state index in [2.05, 4.69) is 23.2 Å². The molecule has 1 saturated heterocycles. The van der Waals surface area contributed by atoms with Crippen molar-refractivity contribution < 1.29 is 4.79 Å². The molecule has 1 rings (SSSR count). The molecule has 0 bridgehead atoms. The minimum Gasteiger partial charge on any atom is -0.354 e. The van der Waals surface area contributed by atoms with Crippen molar-refractivity contribution >= 4 is 5.91 Å². The van der Waals surface area contributed by atoms with Crippen LogP contribution >= 0.6 is 0 Å². The van der Waals surface area contributed by atoms with Gasteiger partial charge in [0.1, 0.15) is 5.41 Å². The third-order valence-electron chi connectivity index (χ3n) is 4.37. The third kappa shape index (κ3) is 4.21. The van der Waals surface area contributed by atoms with Crippen molar-refractivity contribution in [1.82, 2.24) is 10.2 Å². The van der Waals surface area contributed by atoms with Gasteiger partial charge in [0, 0.05) is 13.1 Å². The number of nitrogens with zero attached hydrogens (tertiary/aromatic N) is 2. The Hall–Kier alpha value is -1.08. The van der Waals surface area contributed by atoms with Crippen LogP contribution in [0.1, 0.15) is 52.9 Å². The van der Waals surface area contributed by atoms with Crippen molar-refractivity contribution in [3.8, 4) is 6.07 Å². The highest BCUT2D eigenvalue weighted by Gasteiger charge is 2.37. The van der Waals surface area contributed by atoms with E-state index >= 15 is 0 Å². The Balaban J connectivity index is 2.52. The third-order valence-corrected chi connectivity index (χ3v) is 4.37. The zero-order valence-electron chi connectivity index (χ0n) is 13.2. The van der Waals surface area contributed by atoms with E-state index in [-0.39, 0.29) is 5.91 Å². The molecule has 0 radical (unpaired) electrons. The Morgan fingerprint density at radius 3 is 2.45 bits per heavy atom. The summed E-state index contributed by atoms with van der Waals surface area (Å²) in [5, 5.41) is 12.5. The van der Waals surface area contributed by atoms with Crippen LogP contribution in [0.15, 0.2) is 0 Å². The number of hydrogen-bond donors (Lipinski definition) is 1. The van der Waals surface area contributed by atoms with E-state index in [1.165, 1.54) is 0 Å². The topological polar surface area (TPSA) is 56.1 Å². The Labute approximate surface area is 123 Å². The number of carbonyl (C=O) groups is 1. The Morgan fingerprint density at radius 1 is 1.35 bits per heavy atom. The van der Waals surface area contributed by atoms with Crippen LogP contribution in [0, 0.1) is 22.7 Å². The number of nitriles is 1. The highest BCUT2D eigenvalue weighted by atomic mass is 16.2. The first-order valence-corrected chi connectivity index (χ1v) is 8.03. The lowest BCUT2D eigenvalue weighted by Crippen LogP contribution is -2.42. The molecule has 4 nitrogen and oxygen atoms in total. The number of hydrogen-bond acceptors (Lipinski definition) is 3. The van der Waals surface area contributed by atoms with Gasteiger partial charge < -0.3 is 10.2 Å². The molecule has 1 amide bonds. The summed E-state index contributed by atoms with van der Waals surface area (Å²) in [5.74, 6) is 0.484. The van der Waals surface area contributed by atoms with Gasteiger partial charge in [-0.3, -0.25) is 4.79 Å². The van der Waals surface area contributed by atoms with E-state index in [0.717, 1.165) is 38.9 Å². The Kier molecular flexibility index (Phi) is 7.01. The SMILES string of the molecule is CCCC(C#N)(CCC)C(=O)NCC1CCN(CC)C1. The molecule has 4 heteroatoms. The maximum Gasteiger partial charge on any atom is 0.240 e. The standard InChI is InChI=1S/C16H29N3O/c1-4-8-16(13-17,9-5-2)15(20)18-11-14-7-10-19(6-3)12-14/h14H,4-12H2,1-3H3,(H,18,20). The highest BCUT2D eigenvalue weighted by molar-refractivity contribution is 5.85. The van der Waals surface area contributed by atoms with Crippen molar-refractivity contribution in [3.05, 3.63) is 0 Å². The molecule has 20 heavy (non-hydrogen) atoms. The lowest BCUT2D eigenvalue weighted by Gasteiger charge is -2.25. The van der Waals surface area contributed by atoms with Crippen molar-refractivity contribution in [3.63, 3.8) is 0 Å². The van der Waals surface area contributed by atoms with Gasteiger partial charge in [0.05, 0.1) is 6.07 Å². The summed E-state index contributed by atoms with van der Waals surface area (Å²) >= 11 is 0. The molecule has 1 fully saturated rings. The molecule has 0 aromatic heterocycles. The second-order valence-electron chi connectivity index (χ2n) is 5.95. The van der Waals surface area contributed by atoms with Gasteiger partial charge >= 0.3 is 0 Å². The van der Waals surface area contributed by atoms with Gasteiger partial charge in [-0.15, -0.1) is 0 Å². The minimum absolute atomic E-state index is 0.0568. The normalized spacial score (nSPS) is 19.8. The van der Waals surface area contributed by atoms with Crippen LogP contribution in [0.3, 0.4) is 0 Å². The second-order valence-corrected chi connectivity index (χ2v) is 5.95. The van der Waals surface area contributed by atoms with E-state index in [1.54, 1.807) is 0 Å². The summed E-state index contributed by atoms with van der Waals surface area (Å²) in [7, 11) is 0. The van der Waals surface area contributed by atoms with E-state index < -0.39 is 5.41 Å². The number of rotatable bonds is 8. The molecule has 1 aliphatic rings. The number of carbonyl (C=O) groups excluding carboxylic acids is 1. The van der Waals surface area contributed by atoms with E-state index in [4.69, 9.17) is 0 Å². The quantitative estimate of drug-likeness (QED) is 0.743. The molecule has 1 unspecified atom stereocenters. The first kappa shape index (κ1) is 17.0. The number of likely N-dealkylation sites (tertiary alicyclic amines) is 1. The highest BCUT2D eigenvalue weighted by Crippen LogP contribution is 2.29. The number of nitrogens with one attached hydrogen (secondary N) is 1. The fourth-order valence-electron chi connectivity index (χ4n) is 3.14. The van der Waals surface area contributed by atoms with E-state index in [1.807, 2.05) is 13.8 Å². The van der Waals surface area contributed by atoms with Gasteiger partial charge in [-0.1, -0.05) is 33.6 Å². The van der Waals surface area contributed by atoms with Gasteiger partial charge in [0.25, 0.3) is 0 Å². The molecule has 0 spiro atoms. The van der Waals surface area contributed by atoms with Gasteiger partial charge in [-0.25, -0.2) is 0 Å². The lowest BCUT2D eigenvalue weighted by atomic mass is 9.79. The zero-order chi connectivity index (χ0) is 15.0. The summed E-state index contributed by atoms with van der Waals surface area (Å²) in [4.78, 5) is 14.8. The average Bonchev–Trinajstić information content (AvgIpc) is 2.92. The van der Waals surface area contributed by atoms with Crippen LogP contribution in [0.5, 0.6) is 0 Å². The Bertz CT molecular complexity index is 342. The van der Waals surface area contributed by atoms with Crippen LogP contribution in [0.2, 0.25) is 0 Å². The summed E-state index contributed by atoms with van der Waals surface area (Å²) in [6.45, 7) is 10.2. The molecular formula is C16H29N3O. The Morgan fingerprint density at radius 2 is 2.00 bits per heavy atom. The van der Waals surface area contributed by atoms with Gasteiger partial charge in [0.15, 0.2) is 0 Å². The monoisotopic (exact) mass is 279 g/mol. The molecule has 0 saturated carbocycles. The van der Waals surface area contributed by atoms with Crippen LogP contribution in [-0.4, -0.2) is 37.0 Å². The van der Waals surface area contributed by atoms with E-state index in [9.17, 15) is 10.1 Å². The maximum absolute atomic E-state index is 12.4. The first-order chi connectivity index (χ1) is 9.61. The molecule has 0 aromatic rings. The number of amides is 1. The van der Waals surface area contributed by atoms with Crippen LogP contribution < -0.4 is 5.32 Å². The molecule has 0 aromatic carbocycles. The van der Waals surface area contributed by atoms with Crippen LogP contribution in [-0.2, 0) is 4.79 Å². The summed E-state index contributed by atoms with van der Waals surface area (Å²) in [5.41, 5.74) is -0.813. The van der Waals surface area contributed by atoms with Crippen molar-refractivity contribution in [2.45, 2.75) is 52.9 Å². The molecule has 1 heterocycles. The van der Waals surface area contributed by atoms with Gasteiger partial charge in [-0.05, 0) is 38.3 Å². The predicted octanol–water partition coefficient (Wildman–Crippen LogP) is 2.55. The summed E-state index contributed by atoms with van der Waals surface area (Å²) in [6, 6.07) is 2.29. The predicted molar refractivity (Wildman–Crippen MR) is 81.1 cm³/mol. The maximum atomic E-state index is 12.4. The largest absolute Gasteiger partial charge is 0.354 e. The first-order valence-electron chi connectivity index (χ1n) is 8.03. The molecule has 1 aliphatic heterocycles. The zero-order valence-corrected chi connectivity index (χ0v) is 13.2. The minimum atomic E-state index is -0.813. The lowest BCUT2D eigenvalue weighted by molar-refractivity contribution is -0.129. The molecule has 1 atom stereocenters. The van der Waals surface area contributed by atoms with Crippen molar-refractivity contribution in [1.29, 1.82) is 5.26 Å². The average molecular weight is 279 g/mol. The molecule has 114 valence electrons. The smallest absolute Gasteiger partial charge is 0.240 e. The van der Waals surface area contributed by atoms with Crippen LogP contribution in [0.4, 0.5) is 0 Å². The second kappa shape index (κ2) is 8.26. The van der Waals surface area contributed by atoms with Crippen LogP contribution in [0.25, 0.3) is 0 Å². The fraction of sp³-hybridized carbons (Fsp3) is 0.875.